The van der Waals surface area contributed by atoms with E-state index in [0.717, 1.165) is 11.3 Å². The van der Waals surface area contributed by atoms with Crippen LogP contribution in [-0.2, 0) is 6.54 Å². The zero-order valence-electron chi connectivity index (χ0n) is 14.3. The molecule has 130 valence electrons. The largest absolute Gasteiger partial charge is 0.354 e. The van der Waals surface area contributed by atoms with Crippen molar-refractivity contribution in [2.75, 3.05) is 5.32 Å². The fourth-order valence-corrected chi connectivity index (χ4v) is 2.40. The molecule has 0 unspecified atom stereocenters. The van der Waals surface area contributed by atoms with E-state index in [-0.39, 0.29) is 11.7 Å². The molecule has 0 spiro atoms. The number of benzene rings is 1. The van der Waals surface area contributed by atoms with Gasteiger partial charge in [-0.15, -0.1) is 0 Å². The Morgan fingerprint density at radius 1 is 0.923 bits per heavy atom. The molecule has 2 aromatic heterocycles. The lowest BCUT2D eigenvalue weighted by Gasteiger charge is -2.09. The molecule has 6 heteroatoms. The number of carbonyl (C=O) groups excluding carboxylic acids is 2. The van der Waals surface area contributed by atoms with E-state index in [0.29, 0.717) is 23.4 Å². The van der Waals surface area contributed by atoms with Crippen LogP contribution in [0.3, 0.4) is 0 Å². The summed E-state index contributed by atoms with van der Waals surface area (Å²) in [4.78, 5) is 31.9. The Balaban J connectivity index is 1.68. The molecular formula is C20H18N4O2. The van der Waals surface area contributed by atoms with Gasteiger partial charge in [0.05, 0.1) is 17.4 Å². The first kappa shape index (κ1) is 17.3. The molecule has 3 aromatic rings. The first-order chi connectivity index (χ1) is 12.6. The summed E-state index contributed by atoms with van der Waals surface area (Å²) in [5.41, 5.74) is 3.41. The van der Waals surface area contributed by atoms with Gasteiger partial charge in [-0.3, -0.25) is 19.6 Å². The van der Waals surface area contributed by atoms with Crippen molar-refractivity contribution in [3.05, 3.63) is 83.9 Å². The number of carbonyl (C=O) groups is 2. The molecule has 0 fully saturated rings. The zero-order valence-corrected chi connectivity index (χ0v) is 14.3. The van der Waals surface area contributed by atoms with Gasteiger partial charge in [0.2, 0.25) is 0 Å². The van der Waals surface area contributed by atoms with Crippen molar-refractivity contribution in [2.24, 2.45) is 0 Å². The molecule has 2 N–H and O–H groups in total. The third-order valence-corrected chi connectivity index (χ3v) is 3.73. The average molecular weight is 346 g/mol. The second kappa shape index (κ2) is 8.02. The minimum absolute atomic E-state index is 0.00435. The molecule has 0 saturated heterocycles. The molecule has 3 rings (SSSR count). The maximum atomic E-state index is 12.3. The van der Waals surface area contributed by atoms with Crippen LogP contribution in [0.4, 0.5) is 11.4 Å². The Morgan fingerprint density at radius 2 is 1.77 bits per heavy atom. The minimum atomic E-state index is -0.220. The average Bonchev–Trinajstić information content (AvgIpc) is 2.67. The van der Waals surface area contributed by atoms with Gasteiger partial charge in [-0.1, -0.05) is 18.2 Å². The predicted molar refractivity (Wildman–Crippen MR) is 99.4 cm³/mol. The molecule has 0 atom stereocenters. The van der Waals surface area contributed by atoms with Gasteiger partial charge >= 0.3 is 0 Å². The summed E-state index contributed by atoms with van der Waals surface area (Å²) in [5.74, 6) is -0.224. The Hall–Kier alpha value is -3.54. The maximum Gasteiger partial charge on any atom is 0.253 e. The second-order valence-electron chi connectivity index (χ2n) is 5.77. The molecule has 0 aliphatic carbocycles. The summed E-state index contributed by atoms with van der Waals surface area (Å²) >= 11 is 0. The number of amides is 1. The number of nitrogens with one attached hydrogen (secondary N) is 2. The number of nitrogens with zero attached hydrogens (tertiary/aromatic N) is 2. The van der Waals surface area contributed by atoms with Gasteiger partial charge in [0.1, 0.15) is 0 Å². The molecule has 1 amide bonds. The van der Waals surface area contributed by atoms with Gasteiger partial charge in [-0.2, -0.15) is 0 Å². The van der Waals surface area contributed by atoms with E-state index < -0.39 is 0 Å². The minimum Gasteiger partial charge on any atom is -0.354 e. The van der Waals surface area contributed by atoms with Gasteiger partial charge in [-0.25, -0.2) is 0 Å². The topological polar surface area (TPSA) is 84.0 Å². The summed E-state index contributed by atoms with van der Waals surface area (Å²) in [5, 5.41) is 6.00. The van der Waals surface area contributed by atoms with E-state index in [9.17, 15) is 9.59 Å². The molecule has 0 aliphatic rings. The fourth-order valence-electron chi connectivity index (χ4n) is 2.40. The standard InChI is InChI=1S/C20H18N4O2/c1-14(25)16-5-2-6-18(8-16)24-19-9-17(12-22-13-19)20(26)23-11-15-4-3-7-21-10-15/h2-10,12-13,24H,11H2,1H3,(H,23,26). The van der Waals surface area contributed by atoms with Gasteiger partial charge in [0.25, 0.3) is 5.91 Å². The Morgan fingerprint density at radius 3 is 2.54 bits per heavy atom. The highest BCUT2D eigenvalue weighted by molar-refractivity contribution is 5.96. The van der Waals surface area contributed by atoms with Crippen LogP contribution < -0.4 is 10.6 Å². The number of hydrogen-bond donors (Lipinski definition) is 2. The maximum absolute atomic E-state index is 12.3. The molecule has 0 saturated carbocycles. The van der Waals surface area contributed by atoms with E-state index in [1.54, 1.807) is 42.9 Å². The van der Waals surface area contributed by atoms with Crippen molar-refractivity contribution < 1.29 is 9.59 Å². The quantitative estimate of drug-likeness (QED) is 0.669. The smallest absolute Gasteiger partial charge is 0.253 e. The van der Waals surface area contributed by atoms with E-state index >= 15 is 0 Å². The SMILES string of the molecule is CC(=O)c1cccc(Nc2cncc(C(=O)NCc3cccnc3)c2)c1. The number of ketones is 1. The molecule has 0 aliphatic heterocycles. The molecule has 0 radical (unpaired) electrons. The van der Waals surface area contributed by atoms with Crippen LogP contribution in [0.1, 0.15) is 33.2 Å². The van der Waals surface area contributed by atoms with Crippen molar-refractivity contribution in [2.45, 2.75) is 13.5 Å². The lowest BCUT2D eigenvalue weighted by molar-refractivity contribution is 0.0949. The van der Waals surface area contributed by atoms with Crippen LogP contribution in [0.25, 0.3) is 0 Å². The van der Waals surface area contributed by atoms with Gasteiger partial charge < -0.3 is 10.6 Å². The van der Waals surface area contributed by atoms with Crippen molar-refractivity contribution in [3.8, 4) is 0 Å². The normalized spacial score (nSPS) is 10.2. The highest BCUT2D eigenvalue weighted by Crippen LogP contribution is 2.18. The number of anilines is 2. The van der Waals surface area contributed by atoms with Crippen LogP contribution in [0.15, 0.2) is 67.3 Å². The molecule has 6 nitrogen and oxygen atoms in total. The number of pyridine rings is 2. The van der Waals surface area contributed by atoms with Crippen LogP contribution in [-0.4, -0.2) is 21.7 Å². The summed E-state index contributed by atoms with van der Waals surface area (Å²) in [6, 6.07) is 12.6. The highest BCUT2D eigenvalue weighted by Gasteiger charge is 2.08. The van der Waals surface area contributed by atoms with Crippen molar-refractivity contribution in [1.29, 1.82) is 0 Å². The van der Waals surface area contributed by atoms with Crippen molar-refractivity contribution in [3.63, 3.8) is 0 Å². The molecule has 0 bridgehead atoms. The second-order valence-corrected chi connectivity index (χ2v) is 5.77. The Bertz CT molecular complexity index is 926. The summed E-state index contributed by atoms with van der Waals surface area (Å²) in [6.07, 6.45) is 6.53. The Labute approximate surface area is 151 Å². The highest BCUT2D eigenvalue weighted by atomic mass is 16.1. The Kier molecular flexibility index (Phi) is 5.34. The number of aromatic nitrogens is 2. The number of rotatable bonds is 6. The van der Waals surface area contributed by atoms with Gasteiger partial charge in [0.15, 0.2) is 5.78 Å². The summed E-state index contributed by atoms with van der Waals surface area (Å²) < 4.78 is 0. The predicted octanol–water partition coefficient (Wildman–Crippen LogP) is 3.35. The fraction of sp³-hybridized carbons (Fsp3) is 0.100. The zero-order chi connectivity index (χ0) is 18.4. The summed E-state index contributed by atoms with van der Waals surface area (Å²) in [7, 11) is 0. The van der Waals surface area contributed by atoms with Crippen molar-refractivity contribution in [1.82, 2.24) is 15.3 Å². The summed E-state index contributed by atoms with van der Waals surface area (Å²) in [6.45, 7) is 1.92. The van der Waals surface area contributed by atoms with Crippen LogP contribution in [0, 0.1) is 0 Å². The van der Waals surface area contributed by atoms with E-state index in [2.05, 4.69) is 20.6 Å². The number of Topliss-reactive ketones (excluding diaryl/α,β-unsaturated/α-hetero) is 1. The van der Waals surface area contributed by atoms with Crippen molar-refractivity contribution >= 4 is 23.1 Å². The van der Waals surface area contributed by atoms with Crippen LogP contribution >= 0.6 is 0 Å². The molecule has 26 heavy (non-hydrogen) atoms. The number of hydrogen-bond acceptors (Lipinski definition) is 5. The lowest BCUT2D eigenvalue weighted by atomic mass is 10.1. The van der Waals surface area contributed by atoms with Crippen LogP contribution in [0.5, 0.6) is 0 Å². The van der Waals surface area contributed by atoms with E-state index in [4.69, 9.17) is 0 Å². The molecule has 2 heterocycles. The first-order valence-electron chi connectivity index (χ1n) is 8.12. The van der Waals surface area contributed by atoms with Crippen LogP contribution in [0.2, 0.25) is 0 Å². The van der Waals surface area contributed by atoms with E-state index in [1.807, 2.05) is 18.2 Å². The van der Waals surface area contributed by atoms with E-state index in [1.165, 1.54) is 13.1 Å². The first-order valence-corrected chi connectivity index (χ1v) is 8.12. The molecular weight excluding hydrogens is 328 g/mol. The third-order valence-electron chi connectivity index (χ3n) is 3.73. The monoisotopic (exact) mass is 346 g/mol. The van der Waals surface area contributed by atoms with Gasteiger partial charge in [-0.05, 0) is 36.8 Å². The van der Waals surface area contributed by atoms with Gasteiger partial charge in [0, 0.05) is 36.4 Å². The molecule has 1 aromatic carbocycles. The third kappa shape index (κ3) is 4.51. The lowest BCUT2D eigenvalue weighted by Crippen LogP contribution is -2.23.